The highest BCUT2D eigenvalue weighted by Gasteiger charge is 2.10. The van der Waals surface area contributed by atoms with E-state index in [1.165, 1.54) is 18.3 Å². The number of primary amides is 1. The zero-order chi connectivity index (χ0) is 15.9. The first-order valence-electron chi connectivity index (χ1n) is 6.34. The maximum Gasteiger partial charge on any atom is 0.252 e. The van der Waals surface area contributed by atoms with E-state index in [0.717, 1.165) is 11.4 Å². The molecule has 7 heteroatoms. The Labute approximate surface area is 132 Å². The molecule has 2 aromatic rings. The third-order valence-corrected chi connectivity index (χ3v) is 2.89. The minimum Gasteiger partial charge on any atom is -0.405 e. The van der Waals surface area contributed by atoms with Crippen LogP contribution in [0, 0.1) is 0 Å². The van der Waals surface area contributed by atoms with Gasteiger partial charge in [0.2, 0.25) is 0 Å². The highest BCUT2D eigenvalue weighted by Crippen LogP contribution is 2.23. The van der Waals surface area contributed by atoms with Gasteiger partial charge in [-0.1, -0.05) is 11.6 Å². The highest BCUT2D eigenvalue weighted by molar-refractivity contribution is 6.29. The van der Waals surface area contributed by atoms with Gasteiger partial charge in [0.25, 0.3) is 5.91 Å². The van der Waals surface area contributed by atoms with Crippen molar-refractivity contribution in [3.63, 3.8) is 0 Å². The number of rotatable bonds is 5. The first kappa shape index (κ1) is 15.5. The van der Waals surface area contributed by atoms with Crippen LogP contribution in [0.3, 0.4) is 0 Å². The molecule has 112 valence electrons. The van der Waals surface area contributed by atoms with Gasteiger partial charge in [0, 0.05) is 11.9 Å². The van der Waals surface area contributed by atoms with E-state index in [4.69, 9.17) is 23.1 Å². The van der Waals surface area contributed by atoms with E-state index in [2.05, 4.69) is 15.3 Å². The molecule has 22 heavy (non-hydrogen) atoms. The topological polar surface area (TPSA) is 106 Å². The molecular weight excluding hydrogens is 302 g/mol. The molecule has 5 N–H and O–H groups in total. The van der Waals surface area contributed by atoms with Crippen molar-refractivity contribution in [3.8, 4) is 0 Å². The Bertz CT molecular complexity index is 725. The van der Waals surface area contributed by atoms with Crippen molar-refractivity contribution in [2.45, 2.75) is 0 Å². The molecule has 2 rings (SSSR count). The number of allylic oxidation sites excluding steroid dienone is 1. The Hall–Kier alpha value is -2.86. The SMILES string of the molecule is NC=CC=Nc1ccc(Nc2nc(Cl)ccc2C(N)=O)cc1. The molecule has 1 aromatic carbocycles. The van der Waals surface area contributed by atoms with E-state index < -0.39 is 5.91 Å². The maximum atomic E-state index is 11.4. The number of pyridine rings is 1. The van der Waals surface area contributed by atoms with Crippen LogP contribution in [0.1, 0.15) is 10.4 Å². The van der Waals surface area contributed by atoms with E-state index in [1.54, 1.807) is 36.6 Å². The summed E-state index contributed by atoms with van der Waals surface area (Å²) in [6, 6.07) is 10.2. The van der Waals surface area contributed by atoms with Crippen LogP contribution in [0.5, 0.6) is 0 Å². The minimum absolute atomic E-state index is 0.264. The van der Waals surface area contributed by atoms with Gasteiger partial charge in [-0.25, -0.2) is 4.98 Å². The number of halogens is 1. The van der Waals surface area contributed by atoms with Crippen LogP contribution in [0.15, 0.2) is 53.7 Å². The summed E-state index contributed by atoms with van der Waals surface area (Å²) in [4.78, 5) is 19.6. The summed E-state index contributed by atoms with van der Waals surface area (Å²) in [5.41, 5.74) is 12.3. The van der Waals surface area contributed by atoms with E-state index in [1.807, 2.05) is 0 Å². The van der Waals surface area contributed by atoms with Crippen LogP contribution in [0.4, 0.5) is 17.2 Å². The van der Waals surface area contributed by atoms with Crippen LogP contribution in [0.25, 0.3) is 0 Å². The Morgan fingerprint density at radius 3 is 2.59 bits per heavy atom. The van der Waals surface area contributed by atoms with Crippen LogP contribution in [-0.2, 0) is 0 Å². The molecule has 0 bridgehead atoms. The molecule has 0 aliphatic heterocycles. The van der Waals surface area contributed by atoms with Gasteiger partial charge in [-0.3, -0.25) is 9.79 Å². The summed E-state index contributed by atoms with van der Waals surface area (Å²) in [5.74, 6) is -0.274. The normalized spacial score (nSPS) is 11.1. The van der Waals surface area contributed by atoms with Crippen molar-refractivity contribution in [2.24, 2.45) is 16.5 Å². The number of aromatic nitrogens is 1. The van der Waals surface area contributed by atoms with Gasteiger partial charge >= 0.3 is 0 Å². The van der Waals surface area contributed by atoms with Crippen molar-refractivity contribution < 1.29 is 4.79 Å². The third kappa shape index (κ3) is 4.07. The Balaban J connectivity index is 2.21. The van der Waals surface area contributed by atoms with Gasteiger partial charge in [-0.05, 0) is 48.7 Å². The molecule has 0 aliphatic rings. The Morgan fingerprint density at radius 1 is 1.23 bits per heavy atom. The second-order valence-electron chi connectivity index (χ2n) is 4.23. The molecule has 1 heterocycles. The number of aliphatic imine (C=N–C) groups is 1. The van der Waals surface area contributed by atoms with Crippen LogP contribution in [-0.4, -0.2) is 17.1 Å². The average molecular weight is 316 g/mol. The minimum atomic E-state index is -0.582. The Morgan fingerprint density at radius 2 is 1.95 bits per heavy atom. The summed E-state index contributed by atoms with van der Waals surface area (Å²) in [6.45, 7) is 0. The quantitative estimate of drug-likeness (QED) is 0.582. The first-order valence-corrected chi connectivity index (χ1v) is 6.72. The van der Waals surface area contributed by atoms with Crippen molar-refractivity contribution in [2.75, 3.05) is 5.32 Å². The number of nitrogens with zero attached hydrogens (tertiary/aromatic N) is 2. The Kier molecular flexibility index (Phi) is 5.11. The number of hydrogen-bond acceptors (Lipinski definition) is 5. The zero-order valence-electron chi connectivity index (χ0n) is 11.5. The predicted octanol–water partition coefficient (Wildman–Crippen LogP) is 2.75. The lowest BCUT2D eigenvalue weighted by molar-refractivity contribution is 0.100. The number of carbonyl (C=O) groups excluding carboxylic acids is 1. The van der Waals surface area contributed by atoms with Gasteiger partial charge in [0.1, 0.15) is 11.0 Å². The molecule has 0 aliphatic carbocycles. The molecule has 0 saturated heterocycles. The van der Waals surface area contributed by atoms with Gasteiger partial charge in [-0.2, -0.15) is 0 Å². The van der Waals surface area contributed by atoms with Crippen LogP contribution in [0.2, 0.25) is 5.15 Å². The molecule has 0 spiro atoms. The molecule has 0 unspecified atom stereocenters. The maximum absolute atomic E-state index is 11.4. The summed E-state index contributed by atoms with van der Waals surface area (Å²) < 4.78 is 0. The van der Waals surface area contributed by atoms with Gasteiger partial charge in [-0.15, -0.1) is 0 Å². The van der Waals surface area contributed by atoms with E-state index >= 15 is 0 Å². The second-order valence-corrected chi connectivity index (χ2v) is 4.62. The van der Waals surface area contributed by atoms with Crippen molar-refractivity contribution in [1.29, 1.82) is 0 Å². The summed E-state index contributed by atoms with van der Waals surface area (Å²) in [5, 5.41) is 3.27. The standard InChI is InChI=1S/C15H14ClN5O/c16-13-7-6-12(14(18)22)15(21-13)20-11-4-2-10(3-5-11)19-9-1-8-17/h1-9H,17H2,(H2,18,22)(H,20,21). The molecular formula is C15H14ClN5O. The van der Waals surface area contributed by atoms with Gasteiger partial charge < -0.3 is 16.8 Å². The van der Waals surface area contributed by atoms with Crippen LogP contribution < -0.4 is 16.8 Å². The number of nitrogens with one attached hydrogen (secondary N) is 1. The molecule has 0 atom stereocenters. The van der Waals surface area contributed by atoms with E-state index in [0.29, 0.717) is 5.82 Å². The van der Waals surface area contributed by atoms with Crippen molar-refractivity contribution >= 4 is 40.9 Å². The zero-order valence-corrected chi connectivity index (χ0v) is 12.3. The molecule has 0 saturated carbocycles. The lowest BCUT2D eigenvalue weighted by Gasteiger charge is -2.09. The fourth-order valence-electron chi connectivity index (χ4n) is 1.68. The predicted molar refractivity (Wildman–Crippen MR) is 89.0 cm³/mol. The molecule has 0 fully saturated rings. The lowest BCUT2D eigenvalue weighted by atomic mass is 10.2. The second kappa shape index (κ2) is 7.24. The fraction of sp³-hybridized carbons (Fsp3) is 0. The third-order valence-electron chi connectivity index (χ3n) is 2.68. The molecule has 0 radical (unpaired) electrons. The van der Waals surface area contributed by atoms with Crippen LogP contribution >= 0.6 is 11.6 Å². The fourth-order valence-corrected chi connectivity index (χ4v) is 1.82. The number of hydrogen-bond donors (Lipinski definition) is 3. The summed E-state index contributed by atoms with van der Waals surface area (Å²) >= 11 is 5.84. The number of anilines is 2. The summed E-state index contributed by atoms with van der Waals surface area (Å²) in [6.07, 6.45) is 4.61. The molecule has 1 amide bonds. The average Bonchev–Trinajstić information content (AvgIpc) is 2.49. The van der Waals surface area contributed by atoms with Crippen molar-refractivity contribution in [3.05, 3.63) is 59.4 Å². The highest BCUT2D eigenvalue weighted by atomic mass is 35.5. The first-order chi connectivity index (χ1) is 10.6. The summed E-state index contributed by atoms with van der Waals surface area (Å²) in [7, 11) is 0. The van der Waals surface area contributed by atoms with Crippen molar-refractivity contribution in [1.82, 2.24) is 4.98 Å². The number of nitrogens with two attached hydrogens (primary N) is 2. The number of benzene rings is 1. The van der Waals surface area contributed by atoms with Gasteiger partial charge in [0.05, 0.1) is 11.3 Å². The number of amides is 1. The smallest absolute Gasteiger partial charge is 0.252 e. The van der Waals surface area contributed by atoms with Gasteiger partial charge in [0.15, 0.2) is 0 Å². The largest absolute Gasteiger partial charge is 0.405 e. The monoisotopic (exact) mass is 315 g/mol. The number of carbonyl (C=O) groups is 1. The molecule has 1 aromatic heterocycles. The lowest BCUT2D eigenvalue weighted by Crippen LogP contribution is -2.14. The van der Waals surface area contributed by atoms with E-state index in [-0.39, 0.29) is 10.7 Å². The molecule has 6 nitrogen and oxygen atoms in total. The van der Waals surface area contributed by atoms with E-state index in [9.17, 15) is 4.79 Å².